The van der Waals surface area contributed by atoms with E-state index in [1.165, 1.54) is 20.8 Å². The third-order valence-electron chi connectivity index (χ3n) is 3.50. The van der Waals surface area contributed by atoms with Crippen molar-refractivity contribution in [1.82, 2.24) is 0 Å². The molecule has 1 aliphatic carbocycles. The SMILES string of the molecule is CC1CC(F)C(F)(C(C)C)C(F)(S(=O)(=O)O)C1. The van der Waals surface area contributed by atoms with Crippen LogP contribution in [-0.4, -0.2) is 29.8 Å². The highest BCUT2D eigenvalue weighted by Crippen LogP contribution is 2.53. The van der Waals surface area contributed by atoms with Crippen LogP contribution in [-0.2, 0) is 10.1 Å². The van der Waals surface area contributed by atoms with Crippen LogP contribution in [0.15, 0.2) is 0 Å². The molecule has 3 nitrogen and oxygen atoms in total. The monoisotopic (exact) mass is 274 g/mol. The van der Waals surface area contributed by atoms with E-state index in [9.17, 15) is 21.6 Å². The van der Waals surface area contributed by atoms with Gasteiger partial charge in [0.1, 0.15) is 6.17 Å². The Balaban J connectivity index is 3.41. The molecule has 4 unspecified atom stereocenters. The van der Waals surface area contributed by atoms with E-state index < -0.39 is 45.2 Å². The molecule has 0 heterocycles. The van der Waals surface area contributed by atoms with Gasteiger partial charge in [0, 0.05) is 6.42 Å². The van der Waals surface area contributed by atoms with E-state index in [4.69, 9.17) is 4.55 Å². The molecule has 17 heavy (non-hydrogen) atoms. The highest BCUT2D eigenvalue weighted by atomic mass is 32.2. The highest BCUT2D eigenvalue weighted by molar-refractivity contribution is 7.87. The summed E-state index contributed by atoms with van der Waals surface area (Å²) in [7, 11) is -5.33. The predicted molar refractivity (Wildman–Crippen MR) is 57.4 cm³/mol. The molecule has 0 saturated heterocycles. The summed E-state index contributed by atoms with van der Waals surface area (Å²) in [6.07, 6.45) is -3.24. The Bertz CT molecular complexity index is 398. The number of hydrogen-bond donors (Lipinski definition) is 1. The first kappa shape index (κ1) is 14.8. The zero-order valence-electron chi connectivity index (χ0n) is 9.95. The average molecular weight is 274 g/mol. The average Bonchev–Trinajstić information content (AvgIpc) is 2.11. The van der Waals surface area contributed by atoms with Crippen molar-refractivity contribution >= 4 is 10.1 Å². The summed E-state index contributed by atoms with van der Waals surface area (Å²) >= 11 is 0. The Morgan fingerprint density at radius 3 is 2.18 bits per heavy atom. The van der Waals surface area contributed by atoms with Gasteiger partial charge >= 0.3 is 10.1 Å². The van der Waals surface area contributed by atoms with Gasteiger partial charge in [0.05, 0.1) is 0 Å². The van der Waals surface area contributed by atoms with Crippen molar-refractivity contribution in [2.45, 2.75) is 50.5 Å². The van der Waals surface area contributed by atoms with Crippen molar-refractivity contribution < 1.29 is 26.1 Å². The Labute approximate surface area is 99.1 Å². The second-order valence-electron chi connectivity index (χ2n) is 5.14. The summed E-state index contributed by atoms with van der Waals surface area (Å²) in [6.45, 7) is 3.82. The standard InChI is InChI=1S/C10H17F3O3S/c1-6(2)10(13)8(11)4-7(3)5-9(10,12)17(14,15)16/h6-8H,4-5H2,1-3H3,(H,14,15,16). The zero-order valence-corrected chi connectivity index (χ0v) is 10.8. The van der Waals surface area contributed by atoms with Gasteiger partial charge in [-0.25, -0.2) is 13.2 Å². The molecule has 102 valence electrons. The molecule has 4 atom stereocenters. The molecule has 0 amide bonds. The van der Waals surface area contributed by atoms with Crippen LogP contribution in [0.4, 0.5) is 13.2 Å². The summed E-state index contributed by atoms with van der Waals surface area (Å²) < 4.78 is 73.8. The minimum Gasteiger partial charge on any atom is -0.283 e. The van der Waals surface area contributed by atoms with Gasteiger partial charge < -0.3 is 0 Å². The van der Waals surface area contributed by atoms with Crippen LogP contribution < -0.4 is 0 Å². The van der Waals surface area contributed by atoms with E-state index in [1.807, 2.05) is 0 Å². The Kier molecular flexibility index (Phi) is 3.58. The van der Waals surface area contributed by atoms with Crippen molar-refractivity contribution in [2.24, 2.45) is 11.8 Å². The van der Waals surface area contributed by atoms with Gasteiger partial charge in [-0.1, -0.05) is 20.8 Å². The Hall–Kier alpha value is -0.300. The second-order valence-corrected chi connectivity index (χ2v) is 6.74. The van der Waals surface area contributed by atoms with E-state index in [0.717, 1.165) is 0 Å². The minimum atomic E-state index is -5.33. The minimum absolute atomic E-state index is 0.254. The number of rotatable bonds is 2. The molecule has 0 spiro atoms. The molecule has 0 aromatic rings. The third kappa shape index (κ3) is 1.97. The van der Waals surface area contributed by atoms with E-state index in [2.05, 4.69) is 0 Å². The van der Waals surface area contributed by atoms with Crippen molar-refractivity contribution in [3.63, 3.8) is 0 Å². The number of halogens is 3. The summed E-state index contributed by atoms with van der Waals surface area (Å²) in [5, 5.41) is -3.58. The van der Waals surface area contributed by atoms with Crippen LogP contribution in [0.25, 0.3) is 0 Å². The molecule has 0 aromatic carbocycles. The van der Waals surface area contributed by atoms with E-state index in [1.54, 1.807) is 0 Å². The lowest BCUT2D eigenvalue weighted by molar-refractivity contribution is -0.120. The van der Waals surface area contributed by atoms with Gasteiger partial charge in [-0.05, 0) is 18.3 Å². The molecule has 7 heteroatoms. The fraction of sp³-hybridized carbons (Fsp3) is 1.00. The van der Waals surface area contributed by atoms with Crippen molar-refractivity contribution in [3.8, 4) is 0 Å². The number of hydrogen-bond acceptors (Lipinski definition) is 2. The third-order valence-corrected chi connectivity index (χ3v) is 4.79. The Morgan fingerprint density at radius 2 is 1.82 bits per heavy atom. The van der Waals surface area contributed by atoms with Gasteiger partial charge in [0.25, 0.3) is 5.00 Å². The van der Waals surface area contributed by atoms with E-state index in [0.29, 0.717) is 0 Å². The summed E-state index contributed by atoms with van der Waals surface area (Å²) in [6, 6.07) is 0. The van der Waals surface area contributed by atoms with E-state index in [-0.39, 0.29) is 6.42 Å². The largest absolute Gasteiger partial charge is 0.303 e. The summed E-state index contributed by atoms with van der Waals surface area (Å²) in [4.78, 5) is 0. The smallest absolute Gasteiger partial charge is 0.283 e. The van der Waals surface area contributed by atoms with Gasteiger partial charge in [-0.3, -0.25) is 4.55 Å². The quantitative estimate of drug-likeness (QED) is 0.788. The van der Waals surface area contributed by atoms with Gasteiger partial charge in [0.2, 0.25) is 0 Å². The van der Waals surface area contributed by atoms with Crippen LogP contribution in [0.2, 0.25) is 0 Å². The first-order chi connectivity index (χ1) is 7.47. The van der Waals surface area contributed by atoms with Crippen LogP contribution in [0.3, 0.4) is 0 Å². The van der Waals surface area contributed by atoms with Crippen LogP contribution >= 0.6 is 0 Å². The van der Waals surface area contributed by atoms with Crippen molar-refractivity contribution in [1.29, 1.82) is 0 Å². The lowest BCUT2D eigenvalue weighted by Crippen LogP contribution is -2.64. The van der Waals surface area contributed by atoms with Gasteiger partial charge in [-0.15, -0.1) is 0 Å². The predicted octanol–water partition coefficient (Wildman–Crippen LogP) is 2.67. The van der Waals surface area contributed by atoms with Crippen molar-refractivity contribution in [3.05, 3.63) is 0 Å². The molecule has 1 N–H and O–H groups in total. The number of alkyl halides is 3. The normalized spacial score (nSPS) is 44.0. The molecule has 1 aliphatic rings. The first-order valence-electron chi connectivity index (χ1n) is 5.45. The topological polar surface area (TPSA) is 54.4 Å². The lowest BCUT2D eigenvalue weighted by Gasteiger charge is -2.46. The molecule has 1 saturated carbocycles. The maximum atomic E-state index is 14.5. The van der Waals surface area contributed by atoms with Crippen LogP contribution in [0.5, 0.6) is 0 Å². The maximum Gasteiger partial charge on any atom is 0.303 e. The molecule has 0 radical (unpaired) electrons. The molecule has 0 aromatic heterocycles. The molecule has 1 fully saturated rings. The molecular weight excluding hydrogens is 257 g/mol. The molecule has 0 bridgehead atoms. The highest BCUT2D eigenvalue weighted by Gasteiger charge is 2.70. The molecule has 1 rings (SSSR count). The fourth-order valence-corrected chi connectivity index (χ4v) is 3.80. The van der Waals surface area contributed by atoms with Crippen LogP contribution in [0, 0.1) is 11.8 Å². The second kappa shape index (κ2) is 4.12. The van der Waals surface area contributed by atoms with Crippen LogP contribution in [0.1, 0.15) is 33.6 Å². The molecular formula is C10H17F3O3S. The van der Waals surface area contributed by atoms with Gasteiger partial charge in [-0.2, -0.15) is 8.42 Å². The lowest BCUT2D eigenvalue weighted by atomic mass is 9.72. The molecule has 0 aliphatic heterocycles. The van der Waals surface area contributed by atoms with Gasteiger partial charge in [0.15, 0.2) is 5.67 Å². The fourth-order valence-electron chi connectivity index (χ4n) is 2.54. The van der Waals surface area contributed by atoms with E-state index >= 15 is 0 Å². The zero-order chi connectivity index (χ0) is 13.6. The Morgan fingerprint density at radius 1 is 1.35 bits per heavy atom. The first-order valence-corrected chi connectivity index (χ1v) is 6.89. The summed E-state index contributed by atoms with van der Waals surface area (Å²) in [5.74, 6) is -1.85. The summed E-state index contributed by atoms with van der Waals surface area (Å²) in [5.41, 5.74) is -3.22. The maximum absolute atomic E-state index is 14.5. The van der Waals surface area contributed by atoms with Crippen molar-refractivity contribution in [2.75, 3.05) is 0 Å².